The van der Waals surface area contributed by atoms with Crippen molar-refractivity contribution >= 4 is 11.9 Å². The third-order valence-electron chi connectivity index (χ3n) is 3.88. The van der Waals surface area contributed by atoms with E-state index in [1.54, 1.807) is 4.90 Å². The highest BCUT2D eigenvalue weighted by Gasteiger charge is 2.55. The van der Waals surface area contributed by atoms with Crippen LogP contribution in [-0.2, 0) is 19.1 Å². The van der Waals surface area contributed by atoms with Crippen LogP contribution in [0.25, 0.3) is 0 Å². The van der Waals surface area contributed by atoms with Crippen molar-refractivity contribution in [3.8, 4) is 6.07 Å². The van der Waals surface area contributed by atoms with Crippen molar-refractivity contribution in [3.63, 3.8) is 0 Å². The van der Waals surface area contributed by atoms with Gasteiger partial charge in [-0.3, -0.25) is 9.59 Å². The zero-order valence-electron chi connectivity index (χ0n) is 10.3. The van der Waals surface area contributed by atoms with Crippen LogP contribution in [0.5, 0.6) is 0 Å². The molecule has 2 heterocycles. The Labute approximate surface area is 105 Å². The van der Waals surface area contributed by atoms with Crippen LogP contribution in [0.15, 0.2) is 0 Å². The zero-order valence-corrected chi connectivity index (χ0v) is 10.3. The lowest BCUT2D eigenvalue weighted by Crippen LogP contribution is -2.45. The molecule has 2 aliphatic rings. The van der Waals surface area contributed by atoms with Gasteiger partial charge in [0, 0.05) is 25.6 Å². The van der Waals surface area contributed by atoms with E-state index < -0.39 is 5.41 Å². The molecule has 2 atom stereocenters. The monoisotopic (exact) mass is 252 g/mol. The minimum Gasteiger partial charge on any atom is -0.469 e. The van der Waals surface area contributed by atoms with Gasteiger partial charge in [-0.25, -0.2) is 0 Å². The van der Waals surface area contributed by atoms with Gasteiger partial charge in [-0.05, 0) is 6.42 Å². The Morgan fingerprint density at radius 2 is 2.39 bits per heavy atom. The maximum atomic E-state index is 12.0. The quantitative estimate of drug-likeness (QED) is 0.643. The number of nitrogens with zero attached hydrogens (tertiary/aromatic N) is 2. The zero-order chi connectivity index (χ0) is 13.2. The lowest BCUT2D eigenvalue weighted by Gasteiger charge is -2.35. The fourth-order valence-electron chi connectivity index (χ4n) is 2.86. The van der Waals surface area contributed by atoms with Crippen molar-refractivity contribution < 1.29 is 19.1 Å². The summed E-state index contributed by atoms with van der Waals surface area (Å²) in [5.41, 5.74) is -0.641. The maximum absolute atomic E-state index is 12.0. The summed E-state index contributed by atoms with van der Waals surface area (Å²) in [6, 6.07) is 1.84. The molecule has 0 aromatic carbocycles. The minimum atomic E-state index is -0.641. The van der Waals surface area contributed by atoms with Crippen molar-refractivity contribution in [1.82, 2.24) is 4.90 Å². The molecule has 0 saturated carbocycles. The largest absolute Gasteiger partial charge is 0.469 e. The van der Waals surface area contributed by atoms with Crippen LogP contribution in [0.4, 0.5) is 0 Å². The molecule has 0 bridgehead atoms. The molecule has 98 valence electrons. The van der Waals surface area contributed by atoms with Gasteiger partial charge in [0.25, 0.3) is 0 Å². The Morgan fingerprint density at radius 3 is 3.06 bits per heavy atom. The van der Waals surface area contributed by atoms with Crippen LogP contribution in [0, 0.1) is 22.7 Å². The molecule has 2 saturated heterocycles. The molecule has 2 fully saturated rings. The van der Waals surface area contributed by atoms with Gasteiger partial charge in [0.1, 0.15) is 6.42 Å². The summed E-state index contributed by atoms with van der Waals surface area (Å²) in [4.78, 5) is 25.4. The second-order valence-corrected chi connectivity index (χ2v) is 4.78. The molecule has 2 rings (SSSR count). The molecule has 0 aliphatic carbocycles. The Balaban J connectivity index is 2.19. The number of nitriles is 1. The van der Waals surface area contributed by atoms with E-state index in [1.165, 1.54) is 7.11 Å². The van der Waals surface area contributed by atoms with E-state index in [0.717, 1.165) is 0 Å². The van der Waals surface area contributed by atoms with Crippen LogP contribution in [-0.4, -0.2) is 50.2 Å². The average molecular weight is 252 g/mol. The van der Waals surface area contributed by atoms with Crippen molar-refractivity contribution in [3.05, 3.63) is 0 Å². The fourth-order valence-corrected chi connectivity index (χ4v) is 2.86. The van der Waals surface area contributed by atoms with Crippen LogP contribution in [0.3, 0.4) is 0 Å². The number of amides is 1. The molecule has 1 amide bonds. The van der Waals surface area contributed by atoms with Gasteiger partial charge in [0.2, 0.25) is 5.91 Å². The number of ether oxygens (including phenoxy) is 2. The number of esters is 1. The van der Waals surface area contributed by atoms with Crippen LogP contribution >= 0.6 is 0 Å². The standard InChI is InChI=1S/C12H16N2O4/c1-17-11(16)12-3-5-18-7-9(12)6-14(8-12)10(15)2-4-13/h9H,2-3,5-8H2,1H3/t9-,12+/m0/s1. The molecule has 0 radical (unpaired) electrons. The summed E-state index contributed by atoms with van der Waals surface area (Å²) in [7, 11) is 1.36. The summed E-state index contributed by atoms with van der Waals surface area (Å²) >= 11 is 0. The van der Waals surface area contributed by atoms with E-state index in [4.69, 9.17) is 14.7 Å². The molecule has 0 aromatic heterocycles. The maximum Gasteiger partial charge on any atom is 0.314 e. The van der Waals surface area contributed by atoms with Crippen molar-refractivity contribution in [2.45, 2.75) is 12.8 Å². The van der Waals surface area contributed by atoms with Crippen molar-refractivity contribution in [2.75, 3.05) is 33.4 Å². The number of carbonyl (C=O) groups excluding carboxylic acids is 2. The van der Waals surface area contributed by atoms with E-state index >= 15 is 0 Å². The summed E-state index contributed by atoms with van der Waals surface area (Å²) in [5, 5.41) is 8.56. The topological polar surface area (TPSA) is 79.6 Å². The van der Waals surface area contributed by atoms with Gasteiger partial charge in [-0.2, -0.15) is 5.26 Å². The van der Waals surface area contributed by atoms with E-state index in [-0.39, 0.29) is 24.2 Å². The third-order valence-corrected chi connectivity index (χ3v) is 3.88. The van der Waals surface area contributed by atoms with Gasteiger partial charge < -0.3 is 14.4 Å². The van der Waals surface area contributed by atoms with Crippen LogP contribution < -0.4 is 0 Å². The Kier molecular flexibility index (Phi) is 3.53. The van der Waals surface area contributed by atoms with Gasteiger partial charge in [-0.15, -0.1) is 0 Å². The summed E-state index contributed by atoms with van der Waals surface area (Å²) in [6.07, 6.45) is 0.422. The van der Waals surface area contributed by atoms with Gasteiger partial charge in [0.05, 0.1) is 25.2 Å². The summed E-state index contributed by atoms with van der Waals surface area (Å²) in [6.45, 7) is 1.78. The highest BCUT2D eigenvalue weighted by atomic mass is 16.5. The summed E-state index contributed by atoms with van der Waals surface area (Å²) in [5.74, 6) is -0.528. The van der Waals surface area contributed by atoms with E-state index in [9.17, 15) is 9.59 Å². The minimum absolute atomic E-state index is 0.0265. The first-order valence-electron chi connectivity index (χ1n) is 5.95. The number of hydrogen-bond acceptors (Lipinski definition) is 5. The second-order valence-electron chi connectivity index (χ2n) is 4.78. The number of fused-ring (bicyclic) bond motifs is 1. The predicted octanol–water partition coefficient (Wildman–Crippen LogP) is -0.0618. The number of carbonyl (C=O) groups is 2. The van der Waals surface area contributed by atoms with Crippen LogP contribution in [0.2, 0.25) is 0 Å². The molecule has 6 heteroatoms. The molecular formula is C12H16N2O4. The van der Waals surface area contributed by atoms with E-state index in [2.05, 4.69) is 0 Å². The first-order chi connectivity index (χ1) is 8.64. The Hall–Kier alpha value is -1.61. The first kappa shape index (κ1) is 12.8. The van der Waals surface area contributed by atoms with E-state index in [0.29, 0.717) is 32.7 Å². The first-order valence-corrected chi connectivity index (χ1v) is 5.95. The molecule has 6 nitrogen and oxygen atoms in total. The number of rotatable bonds is 2. The van der Waals surface area contributed by atoms with E-state index in [1.807, 2.05) is 6.07 Å². The number of methoxy groups -OCH3 is 1. The average Bonchev–Trinajstić information content (AvgIpc) is 2.78. The van der Waals surface area contributed by atoms with Crippen molar-refractivity contribution in [2.24, 2.45) is 11.3 Å². The molecule has 0 N–H and O–H groups in total. The van der Waals surface area contributed by atoms with Crippen LogP contribution in [0.1, 0.15) is 12.8 Å². The highest BCUT2D eigenvalue weighted by Crippen LogP contribution is 2.43. The molecule has 0 unspecified atom stereocenters. The lowest BCUT2D eigenvalue weighted by atomic mass is 9.74. The Bertz CT molecular complexity index is 403. The lowest BCUT2D eigenvalue weighted by molar-refractivity contribution is -0.161. The van der Waals surface area contributed by atoms with Gasteiger partial charge in [-0.1, -0.05) is 0 Å². The molecular weight excluding hydrogens is 236 g/mol. The normalized spacial score (nSPS) is 30.4. The molecule has 2 aliphatic heterocycles. The Morgan fingerprint density at radius 1 is 1.61 bits per heavy atom. The predicted molar refractivity (Wildman–Crippen MR) is 60.2 cm³/mol. The van der Waals surface area contributed by atoms with Gasteiger partial charge in [0.15, 0.2) is 0 Å². The van der Waals surface area contributed by atoms with Gasteiger partial charge >= 0.3 is 5.97 Å². The third kappa shape index (κ3) is 1.95. The molecule has 0 aromatic rings. The smallest absolute Gasteiger partial charge is 0.314 e. The molecule has 18 heavy (non-hydrogen) atoms. The summed E-state index contributed by atoms with van der Waals surface area (Å²) < 4.78 is 10.3. The number of likely N-dealkylation sites (tertiary alicyclic amines) is 1. The highest BCUT2D eigenvalue weighted by molar-refractivity contribution is 5.83. The SMILES string of the molecule is COC(=O)[C@@]12CCOC[C@@H]1CN(C(=O)CC#N)C2. The fraction of sp³-hybridized carbons (Fsp3) is 0.750. The number of hydrogen-bond donors (Lipinski definition) is 0. The second kappa shape index (κ2) is 4.94. The van der Waals surface area contributed by atoms with Crippen molar-refractivity contribution in [1.29, 1.82) is 5.26 Å². The molecule has 0 spiro atoms.